The summed E-state index contributed by atoms with van der Waals surface area (Å²) in [6, 6.07) is 5.73. The molecule has 1 aromatic rings. The molecule has 1 aromatic carbocycles. The lowest BCUT2D eigenvalue weighted by Gasteiger charge is -2.17. The van der Waals surface area contributed by atoms with E-state index in [9.17, 15) is 18.0 Å². The molecule has 102 valence electrons. The highest BCUT2D eigenvalue weighted by Gasteiger charge is 2.44. The second kappa shape index (κ2) is 5.80. The summed E-state index contributed by atoms with van der Waals surface area (Å²) in [6.07, 6.45) is -4.84. The van der Waals surface area contributed by atoms with Crippen molar-refractivity contribution in [2.45, 2.75) is 6.18 Å². The maximum Gasteiger partial charge on any atom is 0.403 e. The molecule has 19 heavy (non-hydrogen) atoms. The number of halogens is 4. The van der Waals surface area contributed by atoms with Crippen molar-refractivity contribution in [1.82, 2.24) is 0 Å². The van der Waals surface area contributed by atoms with Crippen LogP contribution in [0, 0.1) is 17.2 Å². The maximum absolute atomic E-state index is 12.4. The van der Waals surface area contributed by atoms with Crippen molar-refractivity contribution >= 4 is 23.3 Å². The molecular weight excluding hydrogens is 285 g/mol. The number of anilines is 1. The SMILES string of the molecule is N#Cc1ccc(NCC(C(=O)O)C(F)(F)F)cc1Cl. The molecule has 0 aliphatic heterocycles. The van der Waals surface area contributed by atoms with Gasteiger partial charge in [0.1, 0.15) is 6.07 Å². The van der Waals surface area contributed by atoms with E-state index in [1.807, 2.05) is 0 Å². The molecule has 0 radical (unpaired) electrons. The fourth-order valence-electron chi connectivity index (χ4n) is 1.28. The highest BCUT2D eigenvalue weighted by Crippen LogP contribution is 2.27. The number of carboxylic acids is 1. The first-order chi connectivity index (χ1) is 8.75. The van der Waals surface area contributed by atoms with Gasteiger partial charge < -0.3 is 10.4 Å². The van der Waals surface area contributed by atoms with Gasteiger partial charge in [0, 0.05) is 12.2 Å². The molecule has 1 unspecified atom stereocenters. The van der Waals surface area contributed by atoms with Crippen molar-refractivity contribution in [3.63, 3.8) is 0 Å². The smallest absolute Gasteiger partial charge is 0.403 e. The number of aliphatic carboxylic acids is 1. The Morgan fingerprint density at radius 2 is 2.16 bits per heavy atom. The molecule has 0 aliphatic carbocycles. The van der Waals surface area contributed by atoms with Crippen molar-refractivity contribution in [2.24, 2.45) is 5.92 Å². The van der Waals surface area contributed by atoms with Gasteiger partial charge in [-0.1, -0.05) is 11.6 Å². The van der Waals surface area contributed by atoms with E-state index in [0.29, 0.717) is 0 Å². The van der Waals surface area contributed by atoms with Crippen molar-refractivity contribution in [1.29, 1.82) is 5.26 Å². The molecular formula is C11H8ClF3N2O2. The Kier molecular flexibility index (Phi) is 4.62. The Morgan fingerprint density at radius 3 is 2.58 bits per heavy atom. The number of hydrogen-bond acceptors (Lipinski definition) is 3. The van der Waals surface area contributed by atoms with E-state index < -0.39 is 24.6 Å². The molecule has 8 heteroatoms. The van der Waals surface area contributed by atoms with Gasteiger partial charge >= 0.3 is 12.1 Å². The van der Waals surface area contributed by atoms with E-state index in [1.165, 1.54) is 18.2 Å². The standard InChI is InChI=1S/C11H8ClF3N2O2/c12-9-3-7(2-1-6(9)4-16)17-5-8(10(18)19)11(13,14)15/h1-3,8,17H,5H2,(H,18,19). The van der Waals surface area contributed by atoms with Gasteiger partial charge in [0.05, 0.1) is 10.6 Å². The third-order valence-corrected chi connectivity index (χ3v) is 2.61. The van der Waals surface area contributed by atoms with Gasteiger partial charge in [0.15, 0.2) is 5.92 Å². The fraction of sp³-hybridized carbons (Fsp3) is 0.273. The van der Waals surface area contributed by atoms with Crippen molar-refractivity contribution < 1.29 is 23.1 Å². The summed E-state index contributed by atoms with van der Waals surface area (Å²) in [5.74, 6) is -4.47. The highest BCUT2D eigenvalue weighted by molar-refractivity contribution is 6.32. The van der Waals surface area contributed by atoms with Crippen LogP contribution in [0.1, 0.15) is 5.56 Å². The van der Waals surface area contributed by atoms with Gasteiger partial charge in [0.2, 0.25) is 0 Å². The fourth-order valence-corrected chi connectivity index (χ4v) is 1.50. The molecule has 4 nitrogen and oxygen atoms in total. The van der Waals surface area contributed by atoms with Crippen LogP contribution in [0.25, 0.3) is 0 Å². The molecule has 0 saturated heterocycles. The van der Waals surface area contributed by atoms with Gasteiger partial charge in [-0.05, 0) is 18.2 Å². The first kappa shape index (κ1) is 15.1. The summed E-state index contributed by atoms with van der Waals surface area (Å²) < 4.78 is 37.1. The number of alkyl halides is 3. The lowest BCUT2D eigenvalue weighted by molar-refractivity contribution is -0.190. The van der Waals surface area contributed by atoms with E-state index in [4.69, 9.17) is 22.0 Å². The molecule has 1 atom stereocenters. The monoisotopic (exact) mass is 292 g/mol. The zero-order valence-electron chi connectivity index (χ0n) is 9.33. The first-order valence-corrected chi connectivity index (χ1v) is 5.36. The number of hydrogen-bond donors (Lipinski definition) is 2. The zero-order valence-corrected chi connectivity index (χ0v) is 10.1. The van der Waals surface area contributed by atoms with E-state index in [0.717, 1.165) is 0 Å². The van der Waals surface area contributed by atoms with Gasteiger partial charge in [-0.3, -0.25) is 4.79 Å². The number of nitriles is 1. The van der Waals surface area contributed by atoms with Gasteiger partial charge in [-0.15, -0.1) is 0 Å². The maximum atomic E-state index is 12.4. The van der Waals surface area contributed by atoms with Crippen LogP contribution in [0.3, 0.4) is 0 Å². The van der Waals surface area contributed by atoms with Crippen molar-refractivity contribution in [3.05, 3.63) is 28.8 Å². The van der Waals surface area contributed by atoms with Crippen LogP contribution in [0.15, 0.2) is 18.2 Å². The summed E-state index contributed by atoms with van der Waals surface area (Å²) in [5, 5.41) is 19.5. The van der Waals surface area contributed by atoms with Crippen LogP contribution in [-0.4, -0.2) is 23.8 Å². The highest BCUT2D eigenvalue weighted by atomic mass is 35.5. The van der Waals surface area contributed by atoms with Crippen LogP contribution < -0.4 is 5.32 Å². The molecule has 0 saturated carbocycles. The minimum Gasteiger partial charge on any atom is -0.481 e. The van der Waals surface area contributed by atoms with Crippen LogP contribution in [-0.2, 0) is 4.79 Å². The van der Waals surface area contributed by atoms with E-state index in [1.54, 1.807) is 6.07 Å². The molecule has 0 bridgehead atoms. The number of carboxylic acid groups (broad SMARTS) is 1. The summed E-state index contributed by atoms with van der Waals surface area (Å²) in [4.78, 5) is 10.5. The number of nitrogens with one attached hydrogen (secondary N) is 1. The van der Waals surface area contributed by atoms with Crippen molar-refractivity contribution in [3.8, 4) is 6.07 Å². The lowest BCUT2D eigenvalue weighted by atomic mass is 10.1. The molecule has 1 rings (SSSR count). The van der Waals surface area contributed by atoms with Gasteiger partial charge in [-0.25, -0.2) is 0 Å². The minimum atomic E-state index is -4.84. The molecule has 0 aliphatic rings. The Morgan fingerprint density at radius 1 is 1.53 bits per heavy atom. The Labute approximate surface area is 111 Å². The molecule has 0 heterocycles. The Hall–Kier alpha value is -1.94. The molecule has 0 spiro atoms. The zero-order chi connectivity index (χ0) is 14.6. The average Bonchev–Trinajstić information content (AvgIpc) is 2.27. The predicted molar refractivity (Wildman–Crippen MR) is 61.8 cm³/mol. The number of rotatable bonds is 4. The van der Waals surface area contributed by atoms with Crippen LogP contribution in [0.5, 0.6) is 0 Å². The number of benzene rings is 1. The van der Waals surface area contributed by atoms with Crippen LogP contribution in [0.4, 0.5) is 18.9 Å². The normalized spacial score (nSPS) is 12.6. The number of nitrogens with zero attached hydrogens (tertiary/aromatic N) is 1. The lowest BCUT2D eigenvalue weighted by Crippen LogP contribution is -2.36. The van der Waals surface area contributed by atoms with Crippen molar-refractivity contribution in [2.75, 3.05) is 11.9 Å². The largest absolute Gasteiger partial charge is 0.481 e. The molecule has 0 fully saturated rings. The summed E-state index contributed by atoms with van der Waals surface area (Å²) in [5.41, 5.74) is 0.386. The average molecular weight is 293 g/mol. The third kappa shape index (κ3) is 4.03. The van der Waals surface area contributed by atoms with Crippen LogP contribution >= 0.6 is 11.6 Å². The molecule has 0 amide bonds. The third-order valence-electron chi connectivity index (χ3n) is 2.29. The Bertz CT molecular complexity index is 526. The van der Waals surface area contributed by atoms with E-state index in [2.05, 4.69) is 5.32 Å². The van der Waals surface area contributed by atoms with E-state index >= 15 is 0 Å². The van der Waals surface area contributed by atoms with Gasteiger partial charge in [0.25, 0.3) is 0 Å². The van der Waals surface area contributed by atoms with Crippen LogP contribution in [0.2, 0.25) is 5.02 Å². The number of carbonyl (C=O) groups is 1. The molecule has 2 N–H and O–H groups in total. The summed E-state index contributed by atoms with van der Waals surface area (Å²) in [6.45, 7) is -0.818. The minimum absolute atomic E-state index is 0.0754. The molecule has 0 aromatic heterocycles. The second-order valence-electron chi connectivity index (χ2n) is 3.62. The topological polar surface area (TPSA) is 73.1 Å². The van der Waals surface area contributed by atoms with Gasteiger partial charge in [-0.2, -0.15) is 18.4 Å². The van der Waals surface area contributed by atoms with E-state index in [-0.39, 0.29) is 16.3 Å². The summed E-state index contributed by atoms with van der Waals surface area (Å²) >= 11 is 5.70. The summed E-state index contributed by atoms with van der Waals surface area (Å²) in [7, 11) is 0. The Balaban J connectivity index is 2.79. The first-order valence-electron chi connectivity index (χ1n) is 4.98. The predicted octanol–water partition coefficient (Wildman–Crippen LogP) is 2.89. The quantitative estimate of drug-likeness (QED) is 0.895. The second-order valence-corrected chi connectivity index (χ2v) is 4.03.